The van der Waals surface area contributed by atoms with E-state index in [1.165, 1.54) is 21.1 Å². The van der Waals surface area contributed by atoms with Gasteiger partial charge in [-0.15, -0.1) is 0 Å². The lowest BCUT2D eigenvalue weighted by atomic mass is 10.3. The molecule has 4 rings (SSSR count). The summed E-state index contributed by atoms with van der Waals surface area (Å²) in [7, 11) is 3.21. The highest BCUT2D eigenvalue weighted by Gasteiger charge is 2.12. The molecule has 0 saturated carbocycles. The van der Waals surface area contributed by atoms with E-state index in [0.29, 0.717) is 24.2 Å². The molecule has 8 heteroatoms. The molecule has 0 radical (unpaired) electrons. The highest BCUT2D eigenvalue weighted by atomic mass is 32.2. The Morgan fingerprint density at radius 2 is 1.58 bits per heavy atom. The van der Waals surface area contributed by atoms with E-state index in [9.17, 15) is 9.59 Å². The van der Waals surface area contributed by atoms with Crippen molar-refractivity contribution in [2.45, 2.75) is 4.90 Å². The van der Waals surface area contributed by atoms with Gasteiger partial charge in [0.15, 0.2) is 11.5 Å². The van der Waals surface area contributed by atoms with E-state index in [4.69, 9.17) is 9.47 Å². The topological polar surface area (TPSA) is 74.5 Å². The number of aromatic nitrogens is 2. The number of benzene rings is 2. The molecule has 0 fully saturated rings. The molecule has 0 atom stereocenters. The van der Waals surface area contributed by atoms with Crippen LogP contribution in [0.4, 0.5) is 5.69 Å². The summed E-state index contributed by atoms with van der Waals surface area (Å²) in [5, 5.41) is 0. The Bertz CT molecular complexity index is 1120. The SMILES string of the molecule is Cn1c(=O)c(=O)n(C)c2cc(SNc3ccc4c(c3)OCCO4)ccc21. The molecule has 0 spiro atoms. The Morgan fingerprint density at radius 3 is 2.35 bits per heavy atom. The second-order valence-corrected chi connectivity index (χ2v) is 6.82. The second-order valence-electron chi connectivity index (χ2n) is 5.94. The zero-order chi connectivity index (χ0) is 18.3. The number of nitrogens with zero attached hydrogens (tertiary/aromatic N) is 2. The highest BCUT2D eigenvalue weighted by molar-refractivity contribution is 8.00. The Kier molecular flexibility index (Phi) is 4.12. The van der Waals surface area contributed by atoms with Crippen LogP contribution in [0.1, 0.15) is 0 Å². The first-order valence-corrected chi connectivity index (χ1v) is 8.88. The van der Waals surface area contributed by atoms with Gasteiger partial charge in [-0.05, 0) is 42.3 Å². The number of hydrogen-bond acceptors (Lipinski definition) is 6. The van der Waals surface area contributed by atoms with Gasteiger partial charge in [-0.3, -0.25) is 9.59 Å². The number of ether oxygens (including phenoxy) is 2. The van der Waals surface area contributed by atoms with Crippen LogP contribution in [0.25, 0.3) is 11.0 Å². The van der Waals surface area contributed by atoms with Gasteiger partial charge in [0.25, 0.3) is 0 Å². The summed E-state index contributed by atoms with van der Waals surface area (Å²) in [5.41, 5.74) is 1.22. The fourth-order valence-electron chi connectivity index (χ4n) is 2.85. The molecule has 2 heterocycles. The average Bonchev–Trinajstić information content (AvgIpc) is 2.68. The van der Waals surface area contributed by atoms with E-state index in [1.54, 1.807) is 14.1 Å². The van der Waals surface area contributed by atoms with Crippen LogP contribution in [0, 0.1) is 0 Å². The monoisotopic (exact) mass is 371 g/mol. The van der Waals surface area contributed by atoms with Crippen LogP contribution in [0.5, 0.6) is 11.5 Å². The quantitative estimate of drug-likeness (QED) is 0.562. The molecule has 0 amide bonds. The summed E-state index contributed by atoms with van der Waals surface area (Å²) in [6, 6.07) is 11.3. The van der Waals surface area contributed by atoms with Crippen molar-refractivity contribution in [3.05, 3.63) is 57.1 Å². The molecular formula is C18H17N3O4S. The van der Waals surface area contributed by atoms with Gasteiger partial charge in [0.2, 0.25) is 0 Å². The van der Waals surface area contributed by atoms with Gasteiger partial charge < -0.3 is 23.3 Å². The minimum absolute atomic E-state index is 0.533. The number of hydrogen-bond donors (Lipinski definition) is 1. The fourth-order valence-corrected chi connectivity index (χ4v) is 3.52. The van der Waals surface area contributed by atoms with Gasteiger partial charge in [-0.25, -0.2) is 0 Å². The molecule has 134 valence electrons. The molecule has 1 N–H and O–H groups in total. The van der Waals surface area contributed by atoms with Crippen molar-refractivity contribution in [3.63, 3.8) is 0 Å². The van der Waals surface area contributed by atoms with Crippen molar-refractivity contribution < 1.29 is 9.47 Å². The van der Waals surface area contributed by atoms with Gasteiger partial charge in [-0.1, -0.05) is 0 Å². The number of anilines is 1. The highest BCUT2D eigenvalue weighted by Crippen LogP contribution is 2.34. The molecule has 1 aliphatic rings. The molecule has 0 saturated heterocycles. The van der Waals surface area contributed by atoms with Crippen molar-refractivity contribution in [1.82, 2.24) is 9.13 Å². The van der Waals surface area contributed by atoms with E-state index in [-0.39, 0.29) is 0 Å². The van der Waals surface area contributed by atoms with E-state index in [1.807, 2.05) is 36.4 Å². The molecule has 0 aliphatic carbocycles. The average molecular weight is 371 g/mol. The summed E-state index contributed by atoms with van der Waals surface area (Å²) in [4.78, 5) is 24.8. The van der Waals surface area contributed by atoms with Crippen LogP contribution in [0.2, 0.25) is 0 Å². The van der Waals surface area contributed by atoms with E-state index < -0.39 is 11.1 Å². The van der Waals surface area contributed by atoms with Gasteiger partial charge in [0, 0.05) is 30.7 Å². The smallest absolute Gasteiger partial charge is 0.316 e. The van der Waals surface area contributed by atoms with Crippen LogP contribution in [0.15, 0.2) is 50.9 Å². The Hall–Kier alpha value is -2.87. The first-order chi connectivity index (χ1) is 12.5. The Morgan fingerprint density at radius 1 is 0.885 bits per heavy atom. The lowest BCUT2D eigenvalue weighted by molar-refractivity contribution is 0.171. The second kappa shape index (κ2) is 6.45. The van der Waals surface area contributed by atoms with Crippen LogP contribution in [0.3, 0.4) is 0 Å². The molecule has 2 aromatic carbocycles. The zero-order valence-electron chi connectivity index (χ0n) is 14.3. The maximum absolute atomic E-state index is 12.0. The minimum atomic E-state index is -0.540. The summed E-state index contributed by atoms with van der Waals surface area (Å²) in [6.45, 7) is 1.11. The number of aryl methyl sites for hydroxylation is 2. The van der Waals surface area contributed by atoms with E-state index in [2.05, 4.69) is 4.72 Å². The van der Waals surface area contributed by atoms with Gasteiger partial charge in [0.1, 0.15) is 13.2 Å². The predicted octanol–water partition coefficient (Wildman–Crippen LogP) is 2.13. The lowest BCUT2D eigenvalue weighted by Crippen LogP contribution is -2.39. The van der Waals surface area contributed by atoms with Crippen molar-refractivity contribution in [2.24, 2.45) is 14.1 Å². The van der Waals surface area contributed by atoms with Crippen LogP contribution < -0.4 is 25.3 Å². The third-order valence-electron chi connectivity index (χ3n) is 4.29. The van der Waals surface area contributed by atoms with Crippen molar-refractivity contribution in [2.75, 3.05) is 17.9 Å². The molecule has 26 heavy (non-hydrogen) atoms. The zero-order valence-corrected chi connectivity index (χ0v) is 15.1. The Balaban J connectivity index is 1.62. The van der Waals surface area contributed by atoms with Gasteiger partial charge in [-0.2, -0.15) is 0 Å². The summed E-state index contributed by atoms with van der Waals surface area (Å²) >= 11 is 1.41. The molecular weight excluding hydrogens is 354 g/mol. The van der Waals surface area contributed by atoms with Gasteiger partial charge in [0.05, 0.1) is 11.0 Å². The molecule has 7 nitrogen and oxygen atoms in total. The lowest BCUT2D eigenvalue weighted by Gasteiger charge is -2.19. The Labute approximate surface area is 153 Å². The normalized spacial score (nSPS) is 13.0. The molecule has 0 bridgehead atoms. The van der Waals surface area contributed by atoms with E-state index >= 15 is 0 Å². The molecule has 1 aliphatic heterocycles. The van der Waals surface area contributed by atoms with Crippen LogP contribution in [-0.4, -0.2) is 22.3 Å². The summed E-state index contributed by atoms with van der Waals surface area (Å²) < 4.78 is 17.1. The molecule has 3 aromatic rings. The van der Waals surface area contributed by atoms with Crippen LogP contribution >= 0.6 is 11.9 Å². The largest absolute Gasteiger partial charge is 0.486 e. The maximum Gasteiger partial charge on any atom is 0.316 e. The third-order valence-corrected chi connectivity index (χ3v) is 5.12. The standard InChI is InChI=1S/C18H17N3O4S/c1-20-13-5-4-12(10-14(13)21(2)18(23)17(20)22)26-19-11-3-6-15-16(9-11)25-8-7-24-15/h3-6,9-10,19H,7-8H2,1-2H3. The maximum atomic E-state index is 12.0. The fraction of sp³-hybridized carbons (Fsp3) is 0.222. The number of rotatable bonds is 3. The predicted molar refractivity (Wildman–Crippen MR) is 101 cm³/mol. The number of nitrogens with one attached hydrogen (secondary N) is 1. The van der Waals surface area contributed by atoms with Crippen molar-refractivity contribution in [1.29, 1.82) is 0 Å². The van der Waals surface area contributed by atoms with Gasteiger partial charge >= 0.3 is 11.1 Å². The first-order valence-electron chi connectivity index (χ1n) is 8.07. The third kappa shape index (κ3) is 2.82. The van der Waals surface area contributed by atoms with E-state index in [0.717, 1.165) is 22.1 Å². The molecule has 0 unspecified atom stereocenters. The first kappa shape index (κ1) is 16.6. The van der Waals surface area contributed by atoms with Crippen molar-refractivity contribution in [3.8, 4) is 11.5 Å². The summed E-state index contributed by atoms with van der Waals surface area (Å²) in [5.74, 6) is 1.46. The summed E-state index contributed by atoms with van der Waals surface area (Å²) in [6.07, 6.45) is 0. The molecule has 1 aromatic heterocycles. The number of fused-ring (bicyclic) bond motifs is 2. The van der Waals surface area contributed by atoms with Crippen LogP contribution in [-0.2, 0) is 14.1 Å². The van der Waals surface area contributed by atoms with Crippen molar-refractivity contribution >= 4 is 28.7 Å². The minimum Gasteiger partial charge on any atom is -0.486 e.